The molecule has 0 amide bonds. The monoisotopic (exact) mass is 510 g/mol. The van der Waals surface area contributed by atoms with Crippen LogP contribution in [0.4, 0.5) is 0 Å². The summed E-state index contributed by atoms with van der Waals surface area (Å²) in [5.41, 5.74) is 5.79. The molecule has 31 heavy (non-hydrogen) atoms. The summed E-state index contributed by atoms with van der Waals surface area (Å²) in [6.07, 6.45) is 0. The van der Waals surface area contributed by atoms with E-state index < -0.39 is 0 Å². The minimum absolute atomic E-state index is 0.813. The van der Waals surface area contributed by atoms with Crippen molar-refractivity contribution in [1.29, 1.82) is 0 Å². The van der Waals surface area contributed by atoms with Crippen LogP contribution in [-0.4, -0.2) is 0 Å². The van der Waals surface area contributed by atoms with E-state index in [2.05, 4.69) is 114 Å². The van der Waals surface area contributed by atoms with Crippen LogP contribution in [0, 0.1) is 3.57 Å². The molecule has 0 aliphatic carbocycles. The van der Waals surface area contributed by atoms with E-state index in [1.54, 1.807) is 0 Å². The molecule has 0 atom stereocenters. The first kappa shape index (κ1) is 17.4. The summed E-state index contributed by atoms with van der Waals surface area (Å²) in [5.74, 6) is 0. The largest absolute Gasteiger partial charge is 0.452 e. The fourth-order valence-corrected chi connectivity index (χ4v) is 5.14. The van der Waals surface area contributed by atoms with Gasteiger partial charge >= 0.3 is 0 Å². The molecule has 0 unspecified atom stereocenters. The van der Waals surface area contributed by atoms with Crippen LogP contribution < -0.4 is 0 Å². The molecule has 0 spiro atoms. The zero-order valence-electron chi connectivity index (χ0n) is 16.4. The van der Waals surface area contributed by atoms with E-state index in [4.69, 9.17) is 8.83 Å². The Morgan fingerprint density at radius 1 is 0.484 bits per heavy atom. The maximum absolute atomic E-state index is 6.34. The van der Waals surface area contributed by atoms with Gasteiger partial charge in [0.1, 0.15) is 11.2 Å². The van der Waals surface area contributed by atoms with E-state index in [0.29, 0.717) is 0 Å². The summed E-state index contributed by atoms with van der Waals surface area (Å²) in [5, 5.41) is 6.79. The molecule has 0 bridgehead atoms. The molecule has 0 saturated heterocycles. The molecule has 146 valence electrons. The highest BCUT2D eigenvalue weighted by atomic mass is 127. The maximum Gasteiger partial charge on any atom is 0.178 e. The van der Waals surface area contributed by atoms with Gasteiger partial charge in [0, 0.05) is 25.1 Å². The Hall–Kier alpha value is -3.31. The quantitative estimate of drug-likeness (QED) is 0.206. The van der Waals surface area contributed by atoms with Crippen molar-refractivity contribution in [3.05, 3.63) is 94.6 Å². The maximum atomic E-state index is 6.34. The van der Waals surface area contributed by atoms with Crippen molar-refractivity contribution in [2.75, 3.05) is 0 Å². The van der Waals surface area contributed by atoms with Crippen LogP contribution in [0.5, 0.6) is 0 Å². The Labute approximate surface area is 191 Å². The van der Waals surface area contributed by atoms with Gasteiger partial charge in [-0.1, -0.05) is 42.5 Å². The lowest BCUT2D eigenvalue weighted by Crippen LogP contribution is -1.79. The molecule has 7 aromatic rings. The van der Waals surface area contributed by atoms with Crippen LogP contribution >= 0.6 is 22.6 Å². The predicted molar refractivity (Wildman–Crippen MR) is 137 cm³/mol. The second-order valence-corrected chi connectivity index (χ2v) is 9.19. The van der Waals surface area contributed by atoms with Gasteiger partial charge in [0.05, 0.1) is 0 Å². The number of hydrogen-bond acceptors (Lipinski definition) is 2. The molecule has 2 heterocycles. The molecule has 0 aliphatic rings. The SMILES string of the molecule is Ic1cccc(-c2ccc3oc4c(ccc5c6cc7ccccc7cc6oc54)c3c2)c1. The van der Waals surface area contributed by atoms with Crippen molar-refractivity contribution in [3.8, 4) is 11.1 Å². The first-order valence-corrected chi connectivity index (χ1v) is 11.3. The van der Waals surface area contributed by atoms with Crippen LogP contribution in [0.25, 0.3) is 65.8 Å². The lowest BCUT2D eigenvalue weighted by molar-refractivity contribution is 0.633. The zero-order valence-corrected chi connectivity index (χ0v) is 18.5. The summed E-state index contributed by atoms with van der Waals surface area (Å²) >= 11 is 2.35. The molecule has 3 heteroatoms. The first-order chi connectivity index (χ1) is 15.2. The van der Waals surface area contributed by atoms with Gasteiger partial charge in [-0.15, -0.1) is 0 Å². The summed E-state index contributed by atoms with van der Waals surface area (Å²) in [7, 11) is 0. The Morgan fingerprint density at radius 2 is 1.16 bits per heavy atom. The molecule has 5 aromatic carbocycles. The fraction of sp³-hybridized carbons (Fsp3) is 0. The Kier molecular flexibility index (Phi) is 3.56. The van der Waals surface area contributed by atoms with Crippen molar-refractivity contribution < 1.29 is 8.83 Å². The topological polar surface area (TPSA) is 26.3 Å². The van der Waals surface area contributed by atoms with Gasteiger partial charge in [0.15, 0.2) is 11.2 Å². The van der Waals surface area contributed by atoms with Crippen molar-refractivity contribution in [3.63, 3.8) is 0 Å². The van der Waals surface area contributed by atoms with Gasteiger partial charge in [-0.2, -0.15) is 0 Å². The summed E-state index contributed by atoms with van der Waals surface area (Å²) in [4.78, 5) is 0. The van der Waals surface area contributed by atoms with Crippen molar-refractivity contribution >= 4 is 77.2 Å². The average molecular weight is 510 g/mol. The Bertz CT molecular complexity index is 1800. The number of halogens is 1. The number of furan rings is 2. The third-order valence-electron chi connectivity index (χ3n) is 6.10. The fourth-order valence-electron chi connectivity index (χ4n) is 4.60. The van der Waals surface area contributed by atoms with Crippen LogP contribution in [-0.2, 0) is 0 Å². The smallest absolute Gasteiger partial charge is 0.178 e. The molecule has 2 nitrogen and oxygen atoms in total. The highest BCUT2D eigenvalue weighted by molar-refractivity contribution is 14.1. The molecule has 0 fully saturated rings. The number of rotatable bonds is 1. The lowest BCUT2D eigenvalue weighted by atomic mass is 10.0. The third kappa shape index (κ3) is 2.56. The highest BCUT2D eigenvalue weighted by Gasteiger charge is 2.17. The normalized spacial score (nSPS) is 12.0. The van der Waals surface area contributed by atoms with Crippen LogP contribution in [0.3, 0.4) is 0 Å². The number of fused-ring (bicyclic) bond motifs is 8. The van der Waals surface area contributed by atoms with Crippen LogP contribution in [0.2, 0.25) is 0 Å². The van der Waals surface area contributed by atoms with Gasteiger partial charge < -0.3 is 8.83 Å². The van der Waals surface area contributed by atoms with Crippen LogP contribution in [0.1, 0.15) is 0 Å². The summed E-state index contributed by atoms with van der Waals surface area (Å²) in [6.45, 7) is 0. The van der Waals surface area contributed by atoms with E-state index in [1.807, 2.05) is 0 Å². The van der Waals surface area contributed by atoms with Gasteiger partial charge in [-0.25, -0.2) is 0 Å². The van der Waals surface area contributed by atoms with Gasteiger partial charge in [-0.3, -0.25) is 0 Å². The lowest BCUT2D eigenvalue weighted by Gasteiger charge is -2.02. The standard InChI is InChI=1S/C28H15IO2/c29-20-7-3-6-16(12-20)19-8-11-25-23(14-19)21-9-10-22-24-13-17-4-1-2-5-18(17)15-26(24)31-28(22)27(21)30-25/h1-15H. The van der Waals surface area contributed by atoms with E-state index in [-0.39, 0.29) is 0 Å². The minimum Gasteiger partial charge on any atom is -0.452 e. The third-order valence-corrected chi connectivity index (χ3v) is 6.77. The molecule has 7 rings (SSSR count). The van der Waals surface area contributed by atoms with E-state index in [1.165, 1.54) is 25.5 Å². The molecule has 0 aliphatic heterocycles. The number of benzene rings is 5. The Balaban J connectivity index is 1.53. The molecular weight excluding hydrogens is 495 g/mol. The van der Waals surface area contributed by atoms with Gasteiger partial charge in [0.2, 0.25) is 0 Å². The van der Waals surface area contributed by atoms with Gasteiger partial charge in [0.25, 0.3) is 0 Å². The molecule has 0 saturated carbocycles. The molecule has 2 aromatic heterocycles. The molecule has 0 radical (unpaired) electrons. The summed E-state index contributed by atoms with van der Waals surface area (Å²) in [6, 6.07) is 32.0. The van der Waals surface area contributed by atoms with E-state index in [0.717, 1.165) is 43.9 Å². The number of hydrogen-bond donors (Lipinski definition) is 0. The minimum atomic E-state index is 0.813. The van der Waals surface area contributed by atoms with Gasteiger partial charge in [-0.05, 0) is 93.0 Å². The molecule has 0 N–H and O–H groups in total. The highest BCUT2D eigenvalue weighted by Crippen LogP contribution is 2.40. The van der Waals surface area contributed by atoms with Crippen molar-refractivity contribution in [1.82, 2.24) is 0 Å². The second-order valence-electron chi connectivity index (χ2n) is 7.94. The van der Waals surface area contributed by atoms with Crippen molar-refractivity contribution in [2.45, 2.75) is 0 Å². The van der Waals surface area contributed by atoms with Crippen LogP contribution in [0.15, 0.2) is 99.8 Å². The second kappa shape index (κ2) is 6.34. The zero-order chi connectivity index (χ0) is 20.5. The van der Waals surface area contributed by atoms with Crippen molar-refractivity contribution in [2.24, 2.45) is 0 Å². The summed E-state index contributed by atoms with van der Waals surface area (Å²) < 4.78 is 13.9. The Morgan fingerprint density at radius 3 is 1.94 bits per heavy atom. The van der Waals surface area contributed by atoms with E-state index >= 15 is 0 Å². The van der Waals surface area contributed by atoms with E-state index in [9.17, 15) is 0 Å². The molecular formula is C28H15IO2. The average Bonchev–Trinajstić information content (AvgIpc) is 3.35. The predicted octanol–water partition coefficient (Wildman–Crippen LogP) is 8.91. The first-order valence-electron chi connectivity index (χ1n) is 10.2.